The van der Waals surface area contributed by atoms with Gasteiger partial charge in [-0.2, -0.15) is 18.3 Å². The number of alkyl halides is 3. The number of aryl methyl sites for hydroxylation is 1. The Hall–Kier alpha value is -2.38. The quantitative estimate of drug-likeness (QED) is 0.859. The largest absolute Gasteiger partial charge is 0.435 e. The van der Waals surface area contributed by atoms with Crippen LogP contribution in [0.15, 0.2) is 24.3 Å². The maximum atomic E-state index is 13.5. The van der Waals surface area contributed by atoms with Gasteiger partial charge in [-0.25, -0.2) is 4.39 Å². The molecule has 0 unspecified atom stereocenters. The summed E-state index contributed by atoms with van der Waals surface area (Å²) in [4.78, 5) is 12.1. The first kappa shape index (κ1) is 16.5. The molecular weight excluding hydrogens is 326 g/mol. The van der Waals surface area contributed by atoms with Crippen molar-refractivity contribution in [2.75, 3.05) is 5.32 Å². The van der Waals surface area contributed by atoms with Gasteiger partial charge < -0.3 is 5.32 Å². The van der Waals surface area contributed by atoms with Crippen molar-refractivity contribution in [1.82, 2.24) is 9.78 Å². The van der Waals surface area contributed by atoms with Crippen LogP contribution in [0.2, 0.25) is 0 Å². The standard InChI is InChI=1S/C16H15F4N3O/c1-9-2-5-11(6-12(9)17)21-15(24)8-23-13(10-3-4-10)7-14(22-23)16(18,19)20/h2,5-7,10H,3-4,8H2,1H3,(H,21,24). The fraction of sp³-hybridized carbons (Fsp3) is 0.375. The monoisotopic (exact) mass is 341 g/mol. The van der Waals surface area contributed by atoms with Crippen LogP contribution in [0.5, 0.6) is 0 Å². The second-order valence-corrected chi connectivity index (χ2v) is 5.90. The summed E-state index contributed by atoms with van der Waals surface area (Å²) < 4.78 is 53.0. The number of anilines is 1. The van der Waals surface area contributed by atoms with E-state index in [-0.39, 0.29) is 18.2 Å². The van der Waals surface area contributed by atoms with E-state index in [1.807, 2.05) is 0 Å². The van der Waals surface area contributed by atoms with Gasteiger partial charge in [0.1, 0.15) is 12.4 Å². The molecule has 0 atom stereocenters. The van der Waals surface area contributed by atoms with Gasteiger partial charge in [0.15, 0.2) is 5.69 Å². The maximum Gasteiger partial charge on any atom is 0.435 e. The summed E-state index contributed by atoms with van der Waals surface area (Å²) in [7, 11) is 0. The average molecular weight is 341 g/mol. The molecule has 0 bridgehead atoms. The molecule has 0 aliphatic heterocycles. The average Bonchev–Trinajstić information content (AvgIpc) is 3.23. The Balaban J connectivity index is 1.76. The topological polar surface area (TPSA) is 46.9 Å². The summed E-state index contributed by atoms with van der Waals surface area (Å²) >= 11 is 0. The molecule has 0 radical (unpaired) electrons. The molecule has 8 heteroatoms. The number of carbonyl (C=O) groups is 1. The van der Waals surface area contributed by atoms with Gasteiger partial charge in [0.05, 0.1) is 0 Å². The van der Waals surface area contributed by atoms with Gasteiger partial charge in [0, 0.05) is 17.3 Å². The molecule has 1 N–H and O–H groups in total. The van der Waals surface area contributed by atoms with E-state index in [1.54, 1.807) is 6.92 Å². The van der Waals surface area contributed by atoms with Gasteiger partial charge >= 0.3 is 6.18 Å². The lowest BCUT2D eigenvalue weighted by atomic mass is 10.2. The highest BCUT2D eigenvalue weighted by molar-refractivity contribution is 5.90. The smallest absolute Gasteiger partial charge is 0.324 e. The fourth-order valence-electron chi connectivity index (χ4n) is 2.41. The number of amides is 1. The van der Waals surface area contributed by atoms with Crippen LogP contribution < -0.4 is 5.32 Å². The molecule has 0 spiro atoms. The second-order valence-electron chi connectivity index (χ2n) is 5.90. The number of aromatic nitrogens is 2. The van der Waals surface area contributed by atoms with Crippen molar-refractivity contribution >= 4 is 11.6 Å². The minimum atomic E-state index is -4.55. The van der Waals surface area contributed by atoms with E-state index >= 15 is 0 Å². The molecule has 128 valence electrons. The summed E-state index contributed by atoms with van der Waals surface area (Å²) in [6.45, 7) is 1.24. The SMILES string of the molecule is Cc1ccc(NC(=O)Cn2nc(C(F)(F)F)cc2C2CC2)cc1F. The van der Waals surface area contributed by atoms with E-state index in [9.17, 15) is 22.4 Å². The van der Waals surface area contributed by atoms with E-state index in [0.29, 0.717) is 11.3 Å². The lowest BCUT2D eigenvalue weighted by Crippen LogP contribution is -2.21. The van der Waals surface area contributed by atoms with E-state index in [2.05, 4.69) is 10.4 Å². The molecule has 1 saturated carbocycles. The van der Waals surface area contributed by atoms with Crippen LogP contribution in [0.4, 0.5) is 23.2 Å². The Labute approximate surface area is 135 Å². The van der Waals surface area contributed by atoms with Crippen molar-refractivity contribution in [3.8, 4) is 0 Å². The Bertz CT molecular complexity index is 778. The van der Waals surface area contributed by atoms with Crippen LogP contribution in [-0.2, 0) is 17.5 Å². The molecule has 1 heterocycles. The molecule has 0 saturated heterocycles. The van der Waals surface area contributed by atoms with Crippen LogP contribution in [-0.4, -0.2) is 15.7 Å². The van der Waals surface area contributed by atoms with Crippen LogP contribution in [0.1, 0.15) is 35.7 Å². The zero-order chi connectivity index (χ0) is 17.5. The van der Waals surface area contributed by atoms with Gasteiger partial charge in [-0.1, -0.05) is 6.07 Å². The molecule has 1 aliphatic rings. The van der Waals surface area contributed by atoms with Gasteiger partial charge in [0.2, 0.25) is 5.91 Å². The van der Waals surface area contributed by atoms with Crippen LogP contribution in [0, 0.1) is 12.7 Å². The third-order valence-electron chi connectivity index (χ3n) is 3.85. The number of halogens is 4. The normalized spacial score (nSPS) is 14.7. The zero-order valence-corrected chi connectivity index (χ0v) is 12.8. The molecule has 4 nitrogen and oxygen atoms in total. The van der Waals surface area contributed by atoms with Crippen molar-refractivity contribution in [3.63, 3.8) is 0 Å². The van der Waals surface area contributed by atoms with E-state index in [1.165, 1.54) is 18.2 Å². The molecule has 1 fully saturated rings. The highest BCUT2D eigenvalue weighted by Crippen LogP contribution is 2.42. The van der Waals surface area contributed by atoms with Gasteiger partial charge in [0.25, 0.3) is 0 Å². The van der Waals surface area contributed by atoms with Crippen molar-refractivity contribution < 1.29 is 22.4 Å². The van der Waals surface area contributed by atoms with Gasteiger partial charge in [-0.15, -0.1) is 0 Å². The third-order valence-corrected chi connectivity index (χ3v) is 3.85. The summed E-state index contributed by atoms with van der Waals surface area (Å²) in [6, 6.07) is 5.20. The number of benzene rings is 1. The highest BCUT2D eigenvalue weighted by Gasteiger charge is 2.38. The summed E-state index contributed by atoms with van der Waals surface area (Å²) in [5.41, 5.74) is 0.0938. The number of hydrogen-bond acceptors (Lipinski definition) is 2. The number of hydrogen-bond donors (Lipinski definition) is 1. The van der Waals surface area contributed by atoms with Crippen molar-refractivity contribution in [2.45, 2.75) is 38.4 Å². The summed E-state index contributed by atoms with van der Waals surface area (Å²) in [6.07, 6.45) is -2.98. The number of nitrogens with zero attached hydrogens (tertiary/aromatic N) is 2. The van der Waals surface area contributed by atoms with E-state index in [0.717, 1.165) is 23.6 Å². The lowest BCUT2D eigenvalue weighted by molar-refractivity contribution is -0.141. The minimum Gasteiger partial charge on any atom is -0.324 e. The van der Waals surface area contributed by atoms with Crippen molar-refractivity contribution in [3.05, 3.63) is 47.0 Å². The predicted octanol–water partition coefficient (Wildman–Crippen LogP) is 3.87. The third kappa shape index (κ3) is 3.58. The molecule has 1 aromatic carbocycles. The summed E-state index contributed by atoms with van der Waals surface area (Å²) in [5, 5.41) is 5.98. The van der Waals surface area contributed by atoms with Gasteiger partial charge in [-0.05, 0) is 43.5 Å². The first-order chi connectivity index (χ1) is 11.2. The van der Waals surface area contributed by atoms with Gasteiger partial charge in [-0.3, -0.25) is 9.48 Å². The molecule has 1 aromatic heterocycles. The predicted molar refractivity (Wildman–Crippen MR) is 79.0 cm³/mol. The molecule has 1 amide bonds. The first-order valence-corrected chi connectivity index (χ1v) is 7.45. The van der Waals surface area contributed by atoms with Crippen LogP contribution in [0.25, 0.3) is 0 Å². The van der Waals surface area contributed by atoms with E-state index < -0.39 is 23.6 Å². The molecule has 24 heavy (non-hydrogen) atoms. The number of carbonyl (C=O) groups excluding carboxylic acids is 1. The molecular formula is C16H15F4N3O. The van der Waals surface area contributed by atoms with Crippen molar-refractivity contribution in [2.24, 2.45) is 0 Å². The Kier molecular flexibility index (Phi) is 4.06. The fourth-order valence-corrected chi connectivity index (χ4v) is 2.41. The minimum absolute atomic E-state index is 0.0122. The molecule has 1 aliphatic carbocycles. The second kappa shape index (κ2) is 5.92. The maximum absolute atomic E-state index is 13.5. The highest BCUT2D eigenvalue weighted by atomic mass is 19.4. The van der Waals surface area contributed by atoms with Crippen LogP contribution in [0.3, 0.4) is 0 Å². The Morgan fingerprint density at radius 2 is 2.04 bits per heavy atom. The first-order valence-electron chi connectivity index (χ1n) is 7.45. The Morgan fingerprint density at radius 1 is 1.33 bits per heavy atom. The molecule has 3 rings (SSSR count). The molecule has 2 aromatic rings. The summed E-state index contributed by atoms with van der Waals surface area (Å²) in [5.74, 6) is -1.01. The Morgan fingerprint density at radius 3 is 2.62 bits per heavy atom. The van der Waals surface area contributed by atoms with Crippen molar-refractivity contribution in [1.29, 1.82) is 0 Å². The van der Waals surface area contributed by atoms with E-state index in [4.69, 9.17) is 0 Å². The number of nitrogens with one attached hydrogen (secondary N) is 1. The number of rotatable bonds is 4. The zero-order valence-electron chi connectivity index (χ0n) is 12.8. The van der Waals surface area contributed by atoms with Crippen LogP contribution >= 0.6 is 0 Å². The lowest BCUT2D eigenvalue weighted by Gasteiger charge is -2.09.